The third-order valence-electron chi connectivity index (χ3n) is 5.00. The number of aliphatic imine (C=N–C) groups is 1. The Morgan fingerprint density at radius 3 is 2.39 bits per heavy atom. The van der Waals surface area contributed by atoms with Gasteiger partial charge in [-0.15, -0.1) is 24.0 Å². The van der Waals surface area contributed by atoms with Crippen LogP contribution >= 0.6 is 24.0 Å². The van der Waals surface area contributed by atoms with Crippen molar-refractivity contribution < 1.29 is 5.11 Å². The van der Waals surface area contributed by atoms with Gasteiger partial charge in [0.05, 0.1) is 12.6 Å². The number of guanidine groups is 1. The van der Waals surface area contributed by atoms with Gasteiger partial charge in [0.15, 0.2) is 5.96 Å². The van der Waals surface area contributed by atoms with E-state index in [2.05, 4.69) is 60.6 Å². The number of benzene rings is 1. The molecule has 3 N–H and O–H groups in total. The molecule has 28 heavy (non-hydrogen) atoms. The molecule has 0 bridgehead atoms. The summed E-state index contributed by atoms with van der Waals surface area (Å²) < 4.78 is 0. The zero-order valence-corrected chi connectivity index (χ0v) is 20.1. The molecule has 0 saturated carbocycles. The van der Waals surface area contributed by atoms with Crippen molar-refractivity contribution in [3.8, 4) is 0 Å². The molecule has 0 aliphatic carbocycles. The minimum atomic E-state index is -0.105. The van der Waals surface area contributed by atoms with E-state index in [0.29, 0.717) is 6.54 Å². The van der Waals surface area contributed by atoms with Gasteiger partial charge in [-0.25, -0.2) is 4.99 Å². The van der Waals surface area contributed by atoms with Crippen LogP contribution in [0.1, 0.15) is 57.6 Å². The highest BCUT2D eigenvalue weighted by Gasteiger charge is 2.16. The molecule has 0 radical (unpaired) electrons. The number of nitrogens with one attached hydrogen (secondary N) is 2. The van der Waals surface area contributed by atoms with Crippen LogP contribution in [-0.2, 0) is 13.1 Å². The van der Waals surface area contributed by atoms with Crippen LogP contribution in [0.2, 0.25) is 0 Å². The second kappa shape index (κ2) is 14.2. The van der Waals surface area contributed by atoms with Crippen LogP contribution in [-0.4, -0.2) is 48.2 Å². The Balaban J connectivity index is 0.00000392. The second-order valence-electron chi connectivity index (χ2n) is 7.98. The lowest BCUT2D eigenvalue weighted by Crippen LogP contribution is -2.37. The monoisotopic (exact) mass is 502 g/mol. The Morgan fingerprint density at radius 2 is 1.79 bits per heavy atom. The number of likely N-dealkylation sites (tertiary alicyclic amines) is 1. The number of piperidine rings is 1. The summed E-state index contributed by atoms with van der Waals surface area (Å²) in [7, 11) is 0. The lowest BCUT2D eigenvalue weighted by atomic mass is 10.1. The summed E-state index contributed by atoms with van der Waals surface area (Å²) in [5, 5.41) is 16.4. The SMILES string of the molecule is CCNC(=NCc1ccc(CN2CCC(O)CC2)cc1)NCCCC(C)C.I. The Bertz CT molecular complexity index is 554. The molecule has 1 fully saturated rings. The smallest absolute Gasteiger partial charge is 0.191 e. The summed E-state index contributed by atoms with van der Waals surface area (Å²) in [5.74, 6) is 1.65. The predicted molar refractivity (Wildman–Crippen MR) is 129 cm³/mol. The molecule has 0 aromatic heterocycles. The molecular weight excluding hydrogens is 463 g/mol. The van der Waals surface area contributed by atoms with E-state index in [1.807, 2.05) is 0 Å². The molecule has 1 aliphatic heterocycles. The quantitative estimate of drug-likeness (QED) is 0.208. The van der Waals surface area contributed by atoms with E-state index in [1.165, 1.54) is 24.0 Å². The zero-order valence-electron chi connectivity index (χ0n) is 17.8. The average Bonchev–Trinajstić information content (AvgIpc) is 2.66. The van der Waals surface area contributed by atoms with Gasteiger partial charge in [0.1, 0.15) is 0 Å². The Labute approximate surface area is 188 Å². The van der Waals surface area contributed by atoms with Gasteiger partial charge in [-0.1, -0.05) is 38.1 Å². The van der Waals surface area contributed by atoms with Crippen LogP contribution in [0.3, 0.4) is 0 Å². The number of hydrogen-bond donors (Lipinski definition) is 3. The molecule has 0 spiro atoms. The van der Waals surface area contributed by atoms with E-state index in [9.17, 15) is 5.11 Å². The maximum absolute atomic E-state index is 9.61. The maximum atomic E-state index is 9.61. The van der Waals surface area contributed by atoms with E-state index >= 15 is 0 Å². The third-order valence-corrected chi connectivity index (χ3v) is 5.00. The predicted octanol–water partition coefficient (Wildman–Crippen LogP) is 3.75. The Hall–Kier alpha value is -0.860. The van der Waals surface area contributed by atoms with Crippen LogP contribution in [0.4, 0.5) is 0 Å². The molecule has 1 aromatic carbocycles. The van der Waals surface area contributed by atoms with Crippen LogP contribution in [0.5, 0.6) is 0 Å². The normalized spacial score (nSPS) is 16.1. The van der Waals surface area contributed by atoms with Gasteiger partial charge in [-0.3, -0.25) is 4.90 Å². The van der Waals surface area contributed by atoms with Crippen molar-refractivity contribution >= 4 is 29.9 Å². The fraction of sp³-hybridized carbons (Fsp3) is 0.682. The molecule has 1 saturated heterocycles. The molecule has 160 valence electrons. The topological polar surface area (TPSA) is 59.9 Å². The van der Waals surface area contributed by atoms with Crippen LogP contribution in [0.25, 0.3) is 0 Å². The molecule has 5 nitrogen and oxygen atoms in total. The largest absolute Gasteiger partial charge is 0.393 e. The van der Waals surface area contributed by atoms with Gasteiger partial charge in [0, 0.05) is 32.7 Å². The number of hydrogen-bond acceptors (Lipinski definition) is 3. The molecule has 0 atom stereocenters. The summed E-state index contributed by atoms with van der Waals surface area (Å²) in [4.78, 5) is 7.13. The highest BCUT2D eigenvalue weighted by Crippen LogP contribution is 2.14. The van der Waals surface area contributed by atoms with Gasteiger partial charge < -0.3 is 15.7 Å². The van der Waals surface area contributed by atoms with Gasteiger partial charge in [-0.05, 0) is 49.7 Å². The summed E-state index contributed by atoms with van der Waals surface area (Å²) in [6, 6.07) is 8.78. The Morgan fingerprint density at radius 1 is 1.14 bits per heavy atom. The fourth-order valence-corrected chi connectivity index (χ4v) is 3.31. The summed E-state index contributed by atoms with van der Waals surface area (Å²) in [6.07, 6.45) is 4.09. The van der Waals surface area contributed by atoms with Crippen LogP contribution in [0, 0.1) is 5.92 Å². The number of nitrogens with zero attached hydrogens (tertiary/aromatic N) is 2. The van der Waals surface area contributed by atoms with E-state index < -0.39 is 0 Å². The third kappa shape index (κ3) is 10.1. The van der Waals surface area contributed by atoms with Gasteiger partial charge in [0.2, 0.25) is 0 Å². The summed E-state index contributed by atoms with van der Waals surface area (Å²) in [6.45, 7) is 12.1. The fourth-order valence-electron chi connectivity index (χ4n) is 3.31. The molecule has 1 aliphatic rings. The van der Waals surface area contributed by atoms with E-state index in [0.717, 1.165) is 57.4 Å². The number of halogens is 1. The highest BCUT2D eigenvalue weighted by atomic mass is 127. The van der Waals surface area contributed by atoms with Gasteiger partial charge in [-0.2, -0.15) is 0 Å². The van der Waals surface area contributed by atoms with Gasteiger partial charge >= 0.3 is 0 Å². The van der Waals surface area contributed by atoms with Crippen molar-refractivity contribution in [2.24, 2.45) is 10.9 Å². The average molecular weight is 502 g/mol. The molecule has 1 aromatic rings. The number of rotatable bonds is 9. The first kappa shape index (κ1) is 25.2. The van der Waals surface area contributed by atoms with Gasteiger partial charge in [0.25, 0.3) is 0 Å². The first-order valence-electron chi connectivity index (χ1n) is 10.6. The van der Waals surface area contributed by atoms with E-state index in [1.54, 1.807) is 0 Å². The number of aliphatic hydroxyl groups is 1. The minimum absolute atomic E-state index is 0. The van der Waals surface area contributed by atoms with Crippen LogP contribution in [0.15, 0.2) is 29.3 Å². The van der Waals surface area contributed by atoms with Crippen LogP contribution < -0.4 is 10.6 Å². The molecule has 0 amide bonds. The first-order valence-corrected chi connectivity index (χ1v) is 10.6. The highest BCUT2D eigenvalue weighted by molar-refractivity contribution is 14.0. The molecule has 2 rings (SSSR count). The minimum Gasteiger partial charge on any atom is -0.393 e. The molecule has 0 unspecified atom stereocenters. The zero-order chi connectivity index (χ0) is 19.5. The second-order valence-corrected chi connectivity index (χ2v) is 7.98. The van der Waals surface area contributed by atoms with Crippen molar-refractivity contribution in [2.75, 3.05) is 26.2 Å². The van der Waals surface area contributed by atoms with Crippen molar-refractivity contribution in [3.05, 3.63) is 35.4 Å². The first-order chi connectivity index (χ1) is 13.1. The lowest BCUT2D eigenvalue weighted by molar-refractivity contribution is 0.0792. The maximum Gasteiger partial charge on any atom is 0.191 e. The van der Waals surface area contributed by atoms with Crippen molar-refractivity contribution in [3.63, 3.8) is 0 Å². The van der Waals surface area contributed by atoms with Crippen molar-refractivity contribution in [2.45, 2.75) is 65.6 Å². The van der Waals surface area contributed by atoms with Crippen molar-refractivity contribution in [1.29, 1.82) is 0 Å². The molecule has 6 heteroatoms. The summed E-state index contributed by atoms with van der Waals surface area (Å²) >= 11 is 0. The Kier molecular flexibility index (Phi) is 12.7. The number of aliphatic hydroxyl groups excluding tert-OH is 1. The molecular formula is C22H39IN4O. The lowest BCUT2D eigenvalue weighted by Gasteiger charge is -2.29. The van der Waals surface area contributed by atoms with E-state index in [-0.39, 0.29) is 30.1 Å². The van der Waals surface area contributed by atoms with E-state index in [4.69, 9.17) is 4.99 Å². The standard InChI is InChI=1S/C22H38N4O.HI/c1-4-23-22(24-13-5-6-18(2)3)25-16-19-7-9-20(10-8-19)17-26-14-11-21(27)12-15-26;/h7-10,18,21,27H,4-6,11-17H2,1-3H3,(H2,23,24,25);1H. The molecule has 1 heterocycles. The van der Waals surface area contributed by atoms with Crippen molar-refractivity contribution in [1.82, 2.24) is 15.5 Å². The summed E-state index contributed by atoms with van der Waals surface area (Å²) in [5.41, 5.74) is 2.56.